The number of hydrogen-bond donors (Lipinski definition) is 1. The summed E-state index contributed by atoms with van der Waals surface area (Å²) in [6, 6.07) is 5.83. The SMILES string of the molecule is CC=CC=CC(=O)N(C)CC(=O)Nc1c(C)cccc1C. The first-order chi connectivity index (χ1) is 9.95. The summed E-state index contributed by atoms with van der Waals surface area (Å²) in [5, 5.41) is 2.86. The fraction of sp³-hybridized carbons (Fsp3) is 0.294. The van der Waals surface area contributed by atoms with Gasteiger partial charge in [-0.25, -0.2) is 0 Å². The molecule has 0 saturated heterocycles. The average Bonchev–Trinajstić information content (AvgIpc) is 2.43. The number of rotatable bonds is 5. The third-order valence-corrected chi connectivity index (χ3v) is 3.04. The fourth-order valence-corrected chi connectivity index (χ4v) is 1.86. The van der Waals surface area contributed by atoms with Crippen LogP contribution in [0.5, 0.6) is 0 Å². The van der Waals surface area contributed by atoms with E-state index in [4.69, 9.17) is 0 Å². The quantitative estimate of drug-likeness (QED) is 0.668. The van der Waals surface area contributed by atoms with E-state index in [9.17, 15) is 9.59 Å². The van der Waals surface area contributed by atoms with Crippen LogP contribution in [0.2, 0.25) is 0 Å². The Morgan fingerprint density at radius 2 is 1.81 bits per heavy atom. The van der Waals surface area contributed by atoms with E-state index in [1.807, 2.05) is 45.0 Å². The van der Waals surface area contributed by atoms with E-state index in [-0.39, 0.29) is 18.4 Å². The zero-order chi connectivity index (χ0) is 15.8. The Morgan fingerprint density at radius 1 is 1.19 bits per heavy atom. The smallest absolute Gasteiger partial charge is 0.246 e. The van der Waals surface area contributed by atoms with E-state index >= 15 is 0 Å². The summed E-state index contributed by atoms with van der Waals surface area (Å²) in [6.45, 7) is 5.78. The molecule has 4 nitrogen and oxygen atoms in total. The summed E-state index contributed by atoms with van der Waals surface area (Å²) in [5.74, 6) is -0.410. The molecule has 1 N–H and O–H groups in total. The second kappa shape index (κ2) is 8.04. The van der Waals surface area contributed by atoms with Crippen LogP contribution in [-0.2, 0) is 9.59 Å². The van der Waals surface area contributed by atoms with E-state index < -0.39 is 0 Å². The second-order valence-corrected chi connectivity index (χ2v) is 4.89. The maximum absolute atomic E-state index is 12.0. The summed E-state index contributed by atoms with van der Waals surface area (Å²) in [4.78, 5) is 25.2. The minimum Gasteiger partial charge on any atom is -0.333 e. The standard InChI is InChI=1S/C17H22N2O2/c1-5-6-7-11-16(21)19(4)12-15(20)18-17-13(2)9-8-10-14(17)3/h5-11H,12H2,1-4H3,(H,18,20). The number of amides is 2. The number of likely N-dealkylation sites (N-methyl/N-ethyl adjacent to an activating group) is 1. The molecule has 0 saturated carbocycles. The van der Waals surface area contributed by atoms with Gasteiger partial charge in [0, 0.05) is 18.8 Å². The van der Waals surface area contributed by atoms with Gasteiger partial charge in [0.25, 0.3) is 0 Å². The second-order valence-electron chi connectivity index (χ2n) is 4.89. The van der Waals surface area contributed by atoms with Crippen molar-refractivity contribution in [3.8, 4) is 0 Å². The van der Waals surface area contributed by atoms with Crippen LogP contribution in [0.25, 0.3) is 0 Å². The van der Waals surface area contributed by atoms with Crippen LogP contribution in [0.3, 0.4) is 0 Å². The van der Waals surface area contributed by atoms with Crippen molar-refractivity contribution in [3.63, 3.8) is 0 Å². The molecule has 0 aliphatic rings. The van der Waals surface area contributed by atoms with Crippen molar-refractivity contribution in [2.24, 2.45) is 0 Å². The highest BCUT2D eigenvalue weighted by Gasteiger charge is 2.12. The number of carbonyl (C=O) groups excluding carboxylic acids is 2. The molecule has 0 aliphatic carbocycles. The van der Waals surface area contributed by atoms with Crippen molar-refractivity contribution >= 4 is 17.5 Å². The maximum Gasteiger partial charge on any atom is 0.246 e. The summed E-state index contributed by atoms with van der Waals surface area (Å²) in [5.41, 5.74) is 2.82. The van der Waals surface area contributed by atoms with Gasteiger partial charge in [0.1, 0.15) is 0 Å². The highest BCUT2D eigenvalue weighted by molar-refractivity contribution is 5.97. The molecule has 21 heavy (non-hydrogen) atoms. The number of para-hydroxylation sites is 1. The van der Waals surface area contributed by atoms with Crippen molar-refractivity contribution in [1.82, 2.24) is 4.90 Å². The maximum atomic E-state index is 12.0. The zero-order valence-corrected chi connectivity index (χ0v) is 13.0. The zero-order valence-electron chi connectivity index (χ0n) is 13.0. The van der Waals surface area contributed by atoms with Crippen LogP contribution >= 0.6 is 0 Å². The first kappa shape index (κ1) is 16.7. The van der Waals surface area contributed by atoms with Gasteiger partial charge in [-0.1, -0.05) is 36.4 Å². The number of aryl methyl sites for hydroxylation is 2. The van der Waals surface area contributed by atoms with Crippen molar-refractivity contribution in [2.45, 2.75) is 20.8 Å². The van der Waals surface area contributed by atoms with Crippen molar-refractivity contribution in [2.75, 3.05) is 18.9 Å². The Hall–Kier alpha value is -2.36. The van der Waals surface area contributed by atoms with Crippen molar-refractivity contribution in [1.29, 1.82) is 0 Å². The Bertz CT molecular complexity index is 554. The van der Waals surface area contributed by atoms with Gasteiger partial charge in [-0.05, 0) is 31.9 Å². The minimum atomic E-state index is -0.206. The molecule has 1 aromatic carbocycles. The minimum absolute atomic E-state index is 0.0206. The van der Waals surface area contributed by atoms with Crippen LogP contribution in [0.4, 0.5) is 5.69 Å². The predicted molar refractivity (Wildman–Crippen MR) is 86.1 cm³/mol. The van der Waals surface area contributed by atoms with Crippen LogP contribution in [0.15, 0.2) is 42.5 Å². The Kier molecular flexibility index (Phi) is 6.40. The van der Waals surface area contributed by atoms with Gasteiger partial charge in [0.2, 0.25) is 11.8 Å². The molecule has 0 unspecified atom stereocenters. The summed E-state index contributed by atoms with van der Waals surface area (Å²) in [6.07, 6.45) is 6.69. The molecule has 0 spiro atoms. The van der Waals surface area contributed by atoms with Gasteiger partial charge in [0.05, 0.1) is 6.54 Å². The lowest BCUT2D eigenvalue weighted by atomic mass is 10.1. The highest BCUT2D eigenvalue weighted by Crippen LogP contribution is 2.19. The molecule has 0 fully saturated rings. The third kappa shape index (κ3) is 5.26. The molecule has 2 amide bonds. The molecule has 0 bridgehead atoms. The van der Waals surface area contributed by atoms with Crippen LogP contribution in [-0.4, -0.2) is 30.3 Å². The van der Waals surface area contributed by atoms with Crippen LogP contribution < -0.4 is 5.32 Å². The van der Waals surface area contributed by atoms with Crippen LogP contribution in [0, 0.1) is 13.8 Å². The molecule has 112 valence electrons. The summed E-state index contributed by atoms with van der Waals surface area (Å²) >= 11 is 0. The molecule has 1 rings (SSSR count). The number of anilines is 1. The van der Waals surface area contributed by atoms with Gasteiger partial charge in [-0.15, -0.1) is 0 Å². The van der Waals surface area contributed by atoms with Crippen LogP contribution in [0.1, 0.15) is 18.1 Å². The van der Waals surface area contributed by atoms with E-state index in [0.717, 1.165) is 16.8 Å². The molecule has 1 aromatic rings. The molecule has 0 atom stereocenters. The first-order valence-electron chi connectivity index (χ1n) is 6.86. The lowest BCUT2D eigenvalue weighted by molar-refractivity contribution is -0.129. The lowest BCUT2D eigenvalue weighted by Gasteiger charge is -2.16. The summed E-state index contributed by atoms with van der Waals surface area (Å²) < 4.78 is 0. The van der Waals surface area contributed by atoms with E-state index in [0.29, 0.717) is 0 Å². The monoisotopic (exact) mass is 286 g/mol. The van der Waals surface area contributed by atoms with Gasteiger partial charge in [0.15, 0.2) is 0 Å². The average molecular weight is 286 g/mol. The lowest BCUT2D eigenvalue weighted by Crippen LogP contribution is -2.34. The largest absolute Gasteiger partial charge is 0.333 e. The predicted octanol–water partition coefficient (Wildman–Crippen LogP) is 2.83. The van der Waals surface area contributed by atoms with Gasteiger partial charge in [-0.3, -0.25) is 9.59 Å². The number of benzene rings is 1. The molecule has 0 radical (unpaired) electrons. The van der Waals surface area contributed by atoms with Crippen molar-refractivity contribution < 1.29 is 9.59 Å². The van der Waals surface area contributed by atoms with Gasteiger partial charge in [-0.2, -0.15) is 0 Å². The molecule has 0 aromatic heterocycles. The third-order valence-electron chi connectivity index (χ3n) is 3.04. The Labute approximate surface area is 126 Å². The molecule has 0 heterocycles. The fourth-order valence-electron chi connectivity index (χ4n) is 1.86. The number of allylic oxidation sites excluding steroid dienone is 3. The molecular formula is C17H22N2O2. The van der Waals surface area contributed by atoms with E-state index in [1.54, 1.807) is 19.2 Å². The Morgan fingerprint density at radius 3 is 2.38 bits per heavy atom. The molecule has 0 aliphatic heterocycles. The van der Waals surface area contributed by atoms with Gasteiger partial charge < -0.3 is 10.2 Å². The molecular weight excluding hydrogens is 264 g/mol. The topological polar surface area (TPSA) is 49.4 Å². The van der Waals surface area contributed by atoms with E-state index in [2.05, 4.69) is 5.32 Å². The van der Waals surface area contributed by atoms with Crippen molar-refractivity contribution in [3.05, 3.63) is 53.6 Å². The molecule has 4 heteroatoms. The number of nitrogens with zero attached hydrogens (tertiary/aromatic N) is 1. The number of hydrogen-bond acceptors (Lipinski definition) is 2. The first-order valence-corrected chi connectivity index (χ1v) is 6.86. The Balaban J connectivity index is 2.63. The normalized spacial score (nSPS) is 11.0. The van der Waals surface area contributed by atoms with Gasteiger partial charge >= 0.3 is 0 Å². The summed E-state index contributed by atoms with van der Waals surface area (Å²) in [7, 11) is 1.60. The van der Waals surface area contributed by atoms with E-state index in [1.165, 1.54) is 11.0 Å². The number of carbonyl (C=O) groups is 2. The number of nitrogens with one attached hydrogen (secondary N) is 1. The highest BCUT2D eigenvalue weighted by atomic mass is 16.2.